The summed E-state index contributed by atoms with van der Waals surface area (Å²) in [4.78, 5) is 45.6. The largest absolute Gasteiger partial charge is 0.370 e. The Morgan fingerprint density at radius 2 is 1.71 bits per heavy atom. The third-order valence-corrected chi connectivity index (χ3v) is 6.99. The topological polar surface area (TPSA) is 88.0 Å². The number of hydrogen-bond acceptors (Lipinski definition) is 5. The molecule has 0 N–H and O–H groups in total. The van der Waals surface area contributed by atoms with Crippen LogP contribution in [0.1, 0.15) is 44.1 Å². The molecule has 1 spiro atoms. The Morgan fingerprint density at radius 3 is 2.39 bits per heavy atom. The van der Waals surface area contributed by atoms with Crippen molar-refractivity contribution in [2.45, 2.75) is 44.1 Å². The van der Waals surface area contributed by atoms with Crippen LogP contribution in [0.4, 0.5) is 10.5 Å². The number of carbonyl (C=O) groups is 3. The first-order chi connectivity index (χ1) is 15.0. The van der Waals surface area contributed by atoms with Crippen LogP contribution >= 0.6 is 0 Å². The summed E-state index contributed by atoms with van der Waals surface area (Å²) < 4.78 is 0. The van der Waals surface area contributed by atoms with E-state index in [0.29, 0.717) is 38.0 Å². The summed E-state index contributed by atoms with van der Waals surface area (Å²) in [5.41, 5.74) is 0.899. The fraction of sp³-hybridized carbons (Fsp3) is 0.565. The Labute approximate surface area is 183 Å². The molecule has 31 heavy (non-hydrogen) atoms. The number of nitriles is 1. The van der Waals surface area contributed by atoms with Crippen molar-refractivity contribution in [2.75, 3.05) is 44.7 Å². The second kappa shape index (κ2) is 8.58. The number of anilines is 1. The Bertz CT molecular complexity index is 901. The number of rotatable bonds is 3. The third-order valence-electron chi connectivity index (χ3n) is 6.99. The van der Waals surface area contributed by atoms with Crippen molar-refractivity contribution in [3.05, 3.63) is 29.8 Å². The third kappa shape index (κ3) is 3.85. The lowest BCUT2D eigenvalue weighted by atomic mass is 9.81. The van der Waals surface area contributed by atoms with E-state index in [0.717, 1.165) is 42.8 Å². The zero-order valence-electron chi connectivity index (χ0n) is 18.0. The van der Waals surface area contributed by atoms with Crippen molar-refractivity contribution in [2.24, 2.45) is 0 Å². The fourth-order valence-corrected chi connectivity index (χ4v) is 5.08. The molecule has 4 rings (SSSR count). The van der Waals surface area contributed by atoms with Crippen LogP contribution in [0.3, 0.4) is 0 Å². The molecule has 0 atom stereocenters. The van der Waals surface area contributed by atoms with E-state index < -0.39 is 5.54 Å². The van der Waals surface area contributed by atoms with Gasteiger partial charge in [0.1, 0.15) is 12.1 Å². The summed E-state index contributed by atoms with van der Waals surface area (Å²) in [6.07, 6.45) is 5.12. The molecule has 0 radical (unpaired) electrons. The van der Waals surface area contributed by atoms with Crippen LogP contribution in [0.2, 0.25) is 0 Å². The maximum absolute atomic E-state index is 13.1. The first kappa shape index (κ1) is 21.2. The van der Waals surface area contributed by atoms with Crippen molar-refractivity contribution < 1.29 is 14.4 Å². The quantitative estimate of drug-likeness (QED) is 0.696. The first-order valence-corrected chi connectivity index (χ1v) is 11.1. The Kier molecular flexibility index (Phi) is 5.86. The molecule has 1 aromatic rings. The Morgan fingerprint density at radius 1 is 1.00 bits per heavy atom. The van der Waals surface area contributed by atoms with Gasteiger partial charge in [0.05, 0.1) is 11.6 Å². The number of carbonyl (C=O) groups excluding carboxylic acids is 3. The molecule has 0 aromatic heterocycles. The van der Waals surface area contributed by atoms with E-state index in [-0.39, 0.29) is 24.4 Å². The fourth-order valence-electron chi connectivity index (χ4n) is 5.08. The van der Waals surface area contributed by atoms with Gasteiger partial charge in [-0.25, -0.2) is 4.79 Å². The van der Waals surface area contributed by atoms with Crippen LogP contribution in [-0.2, 0) is 9.59 Å². The summed E-state index contributed by atoms with van der Waals surface area (Å²) in [7, 11) is 1.69. The van der Waals surface area contributed by atoms with E-state index >= 15 is 0 Å². The summed E-state index contributed by atoms with van der Waals surface area (Å²) in [6, 6.07) is 9.22. The zero-order chi connectivity index (χ0) is 22.0. The predicted molar refractivity (Wildman–Crippen MR) is 115 cm³/mol. The number of likely N-dealkylation sites (N-methyl/N-ethyl adjacent to an activating group) is 1. The molecule has 8 nitrogen and oxygen atoms in total. The van der Waals surface area contributed by atoms with Crippen molar-refractivity contribution in [3.8, 4) is 6.07 Å². The number of amides is 4. The summed E-state index contributed by atoms with van der Waals surface area (Å²) in [6.45, 7) is 2.44. The lowest BCUT2D eigenvalue weighted by molar-refractivity contribution is -0.140. The minimum absolute atomic E-state index is 0.176. The molecule has 8 heteroatoms. The van der Waals surface area contributed by atoms with Crippen LogP contribution < -0.4 is 4.90 Å². The first-order valence-electron chi connectivity index (χ1n) is 11.1. The maximum atomic E-state index is 13.1. The number of imide groups is 1. The van der Waals surface area contributed by atoms with Gasteiger partial charge in [-0.2, -0.15) is 5.26 Å². The summed E-state index contributed by atoms with van der Waals surface area (Å²) >= 11 is 0. The second-order valence-corrected chi connectivity index (χ2v) is 8.71. The zero-order valence-corrected chi connectivity index (χ0v) is 18.0. The SMILES string of the molecule is CN1C(=O)N(CC(=O)N2CCCN(c3ccc(C#N)cc3)CC2)C(=O)C12CCCCC2. The van der Waals surface area contributed by atoms with Gasteiger partial charge in [-0.05, 0) is 43.5 Å². The Balaban J connectivity index is 1.39. The molecule has 0 bridgehead atoms. The molecule has 1 aliphatic carbocycles. The standard InChI is InChI=1S/C23H29N5O3/c1-25-22(31)28(21(30)23(25)10-3-2-4-11-23)17-20(29)27-13-5-12-26(14-15-27)19-8-6-18(16-24)7-9-19/h6-9H,2-5,10-15,17H2,1H3. The molecule has 164 valence electrons. The van der Waals surface area contributed by atoms with Gasteiger partial charge in [0.25, 0.3) is 5.91 Å². The van der Waals surface area contributed by atoms with E-state index in [4.69, 9.17) is 5.26 Å². The highest BCUT2D eigenvalue weighted by atomic mass is 16.2. The van der Waals surface area contributed by atoms with Crippen LogP contribution in [-0.4, -0.2) is 77.9 Å². The molecular weight excluding hydrogens is 394 g/mol. The second-order valence-electron chi connectivity index (χ2n) is 8.71. The van der Waals surface area contributed by atoms with Crippen molar-refractivity contribution in [3.63, 3.8) is 0 Å². The highest BCUT2D eigenvalue weighted by molar-refractivity contribution is 6.08. The highest BCUT2D eigenvalue weighted by Gasteiger charge is 2.56. The average Bonchev–Trinajstić information content (AvgIpc) is 3.01. The average molecular weight is 424 g/mol. The monoisotopic (exact) mass is 423 g/mol. The predicted octanol–water partition coefficient (Wildman–Crippen LogP) is 2.19. The van der Waals surface area contributed by atoms with Gasteiger partial charge in [-0.3, -0.25) is 14.5 Å². The van der Waals surface area contributed by atoms with E-state index in [1.54, 1.807) is 29.0 Å². The molecule has 2 aliphatic heterocycles. The molecular formula is C23H29N5O3. The molecule has 3 aliphatic rings. The van der Waals surface area contributed by atoms with Gasteiger partial charge >= 0.3 is 6.03 Å². The molecule has 2 heterocycles. The van der Waals surface area contributed by atoms with Gasteiger partial charge < -0.3 is 14.7 Å². The van der Waals surface area contributed by atoms with Crippen molar-refractivity contribution in [1.82, 2.24) is 14.7 Å². The maximum Gasteiger partial charge on any atom is 0.327 e. The number of benzene rings is 1. The van der Waals surface area contributed by atoms with E-state index in [2.05, 4.69) is 11.0 Å². The number of urea groups is 1. The van der Waals surface area contributed by atoms with Gasteiger partial charge in [0.2, 0.25) is 5.91 Å². The van der Waals surface area contributed by atoms with E-state index in [9.17, 15) is 14.4 Å². The minimum atomic E-state index is -0.749. The van der Waals surface area contributed by atoms with Crippen LogP contribution in [0.15, 0.2) is 24.3 Å². The molecule has 1 aromatic carbocycles. The molecule has 1 saturated carbocycles. The molecule has 0 unspecified atom stereocenters. The number of hydrogen-bond donors (Lipinski definition) is 0. The molecule has 4 amide bonds. The summed E-state index contributed by atoms with van der Waals surface area (Å²) in [5, 5.41) is 8.97. The highest BCUT2D eigenvalue weighted by Crippen LogP contribution is 2.39. The lowest BCUT2D eigenvalue weighted by Crippen LogP contribution is -2.49. The van der Waals surface area contributed by atoms with Crippen LogP contribution in [0.25, 0.3) is 0 Å². The molecule has 2 saturated heterocycles. The smallest absolute Gasteiger partial charge is 0.327 e. The van der Waals surface area contributed by atoms with Gasteiger partial charge in [0, 0.05) is 38.9 Å². The van der Waals surface area contributed by atoms with Crippen LogP contribution in [0.5, 0.6) is 0 Å². The molecule has 3 fully saturated rings. The van der Waals surface area contributed by atoms with Crippen molar-refractivity contribution in [1.29, 1.82) is 5.26 Å². The van der Waals surface area contributed by atoms with E-state index in [1.165, 1.54) is 0 Å². The Hall–Kier alpha value is -3.08. The number of nitrogens with zero attached hydrogens (tertiary/aromatic N) is 5. The van der Waals surface area contributed by atoms with Gasteiger partial charge in [-0.1, -0.05) is 19.3 Å². The van der Waals surface area contributed by atoms with Crippen LogP contribution in [0, 0.1) is 11.3 Å². The van der Waals surface area contributed by atoms with Gasteiger partial charge in [0.15, 0.2) is 0 Å². The summed E-state index contributed by atoms with van der Waals surface area (Å²) in [5.74, 6) is -0.383. The minimum Gasteiger partial charge on any atom is -0.370 e. The normalized spacial score (nSPS) is 21.4. The lowest BCUT2D eigenvalue weighted by Gasteiger charge is -2.35. The van der Waals surface area contributed by atoms with E-state index in [1.807, 2.05) is 12.1 Å². The van der Waals surface area contributed by atoms with Gasteiger partial charge in [-0.15, -0.1) is 0 Å². The van der Waals surface area contributed by atoms with Crippen molar-refractivity contribution >= 4 is 23.5 Å².